The minimum atomic E-state index is 0. The third-order valence-electron chi connectivity index (χ3n) is 3.83. The van der Waals surface area contributed by atoms with Crippen molar-refractivity contribution in [2.24, 2.45) is 4.99 Å². The van der Waals surface area contributed by atoms with Crippen LogP contribution in [0.15, 0.2) is 41.5 Å². The number of aliphatic imine (C=N–C) groups is 1. The van der Waals surface area contributed by atoms with Gasteiger partial charge >= 0.3 is 0 Å². The molecule has 2 rings (SSSR count). The molecule has 0 unspecified atom stereocenters. The van der Waals surface area contributed by atoms with Gasteiger partial charge in [-0.15, -0.1) is 24.0 Å². The molecule has 28 heavy (non-hydrogen) atoms. The number of ether oxygens (including phenoxy) is 2. The minimum absolute atomic E-state index is 0. The van der Waals surface area contributed by atoms with E-state index in [1.165, 1.54) is 5.56 Å². The molecule has 0 aliphatic rings. The van der Waals surface area contributed by atoms with E-state index in [9.17, 15) is 0 Å². The van der Waals surface area contributed by atoms with Gasteiger partial charge in [-0.2, -0.15) is 0 Å². The van der Waals surface area contributed by atoms with Gasteiger partial charge in [-0.05, 0) is 45.4 Å². The van der Waals surface area contributed by atoms with E-state index in [0.717, 1.165) is 29.4 Å². The number of halogens is 1. The highest BCUT2D eigenvalue weighted by Gasteiger charge is 2.08. The molecule has 0 saturated heterocycles. The fourth-order valence-electron chi connectivity index (χ4n) is 2.58. The molecule has 7 heteroatoms. The molecule has 1 aromatic heterocycles. The van der Waals surface area contributed by atoms with Crippen LogP contribution in [0.2, 0.25) is 0 Å². The van der Waals surface area contributed by atoms with E-state index in [0.29, 0.717) is 19.0 Å². The van der Waals surface area contributed by atoms with Crippen LogP contribution in [-0.2, 0) is 13.1 Å². The van der Waals surface area contributed by atoms with E-state index in [4.69, 9.17) is 9.47 Å². The standard InChI is InChI=1S/C21H30N4O2.HI/c1-6-22-21(25-14-18-8-7-11-23-20(18)26-5)24-13-17-10-9-16(4)12-19(17)27-15(2)3;/h7-12,15H,6,13-14H2,1-5H3,(H2,22,24,25);1H. The van der Waals surface area contributed by atoms with Crippen LogP contribution in [0.25, 0.3) is 0 Å². The van der Waals surface area contributed by atoms with E-state index < -0.39 is 0 Å². The molecule has 0 spiro atoms. The predicted molar refractivity (Wildman–Crippen MR) is 125 cm³/mol. The fraction of sp³-hybridized carbons (Fsp3) is 0.429. The number of hydrogen-bond donors (Lipinski definition) is 2. The van der Waals surface area contributed by atoms with E-state index >= 15 is 0 Å². The molecular weight excluding hydrogens is 467 g/mol. The Morgan fingerprint density at radius 3 is 2.64 bits per heavy atom. The quantitative estimate of drug-likeness (QED) is 0.327. The van der Waals surface area contributed by atoms with Crippen LogP contribution >= 0.6 is 24.0 Å². The lowest BCUT2D eigenvalue weighted by Crippen LogP contribution is -2.37. The number of rotatable bonds is 8. The lowest BCUT2D eigenvalue weighted by atomic mass is 10.1. The van der Waals surface area contributed by atoms with Gasteiger partial charge in [0.05, 0.1) is 19.8 Å². The summed E-state index contributed by atoms with van der Waals surface area (Å²) in [5, 5.41) is 6.64. The highest BCUT2D eigenvalue weighted by Crippen LogP contribution is 2.21. The average Bonchev–Trinajstić information content (AvgIpc) is 2.65. The molecule has 0 atom stereocenters. The Morgan fingerprint density at radius 1 is 1.18 bits per heavy atom. The SMILES string of the molecule is CCNC(=NCc1cccnc1OC)NCc1ccc(C)cc1OC(C)C.I. The summed E-state index contributed by atoms with van der Waals surface area (Å²) >= 11 is 0. The van der Waals surface area contributed by atoms with Crippen molar-refractivity contribution < 1.29 is 9.47 Å². The van der Waals surface area contributed by atoms with Crippen molar-refractivity contribution in [2.45, 2.75) is 46.9 Å². The molecule has 0 bridgehead atoms. The van der Waals surface area contributed by atoms with Crippen molar-refractivity contribution in [3.63, 3.8) is 0 Å². The van der Waals surface area contributed by atoms with Gasteiger partial charge in [-0.1, -0.05) is 18.2 Å². The van der Waals surface area contributed by atoms with Crippen molar-refractivity contribution in [1.82, 2.24) is 15.6 Å². The van der Waals surface area contributed by atoms with Crippen molar-refractivity contribution in [2.75, 3.05) is 13.7 Å². The maximum absolute atomic E-state index is 5.95. The van der Waals surface area contributed by atoms with Crippen molar-refractivity contribution >= 4 is 29.9 Å². The minimum Gasteiger partial charge on any atom is -0.491 e. The van der Waals surface area contributed by atoms with Gasteiger partial charge < -0.3 is 20.1 Å². The third kappa shape index (κ3) is 7.53. The summed E-state index contributed by atoms with van der Waals surface area (Å²) in [6.45, 7) is 10.1. The summed E-state index contributed by atoms with van der Waals surface area (Å²) in [6, 6.07) is 10.1. The summed E-state index contributed by atoms with van der Waals surface area (Å²) in [4.78, 5) is 8.86. The van der Waals surface area contributed by atoms with Gasteiger partial charge in [0.15, 0.2) is 5.96 Å². The lowest BCUT2D eigenvalue weighted by Gasteiger charge is -2.17. The topological polar surface area (TPSA) is 67.8 Å². The summed E-state index contributed by atoms with van der Waals surface area (Å²) < 4.78 is 11.2. The van der Waals surface area contributed by atoms with Crippen LogP contribution in [0.4, 0.5) is 0 Å². The Balaban J connectivity index is 0.00000392. The first kappa shape index (κ1) is 24.0. The van der Waals surface area contributed by atoms with E-state index in [1.807, 2.05) is 32.9 Å². The van der Waals surface area contributed by atoms with Gasteiger partial charge in [0, 0.05) is 30.4 Å². The maximum atomic E-state index is 5.95. The largest absolute Gasteiger partial charge is 0.491 e. The molecule has 1 heterocycles. The average molecular weight is 498 g/mol. The smallest absolute Gasteiger partial charge is 0.218 e. The lowest BCUT2D eigenvalue weighted by molar-refractivity contribution is 0.239. The second-order valence-electron chi connectivity index (χ2n) is 6.50. The normalized spacial score (nSPS) is 11.0. The summed E-state index contributed by atoms with van der Waals surface area (Å²) in [5.41, 5.74) is 3.22. The highest BCUT2D eigenvalue weighted by atomic mass is 127. The van der Waals surface area contributed by atoms with Crippen LogP contribution in [0.1, 0.15) is 37.5 Å². The predicted octanol–water partition coefficient (Wildman–Crippen LogP) is 4.06. The molecular formula is C21H31IN4O2. The first-order valence-corrected chi connectivity index (χ1v) is 9.29. The van der Waals surface area contributed by atoms with Crippen LogP contribution in [0.3, 0.4) is 0 Å². The number of benzene rings is 1. The summed E-state index contributed by atoms with van der Waals surface area (Å²) in [6.07, 6.45) is 1.84. The second kappa shape index (κ2) is 12.4. The number of nitrogens with zero attached hydrogens (tertiary/aromatic N) is 2. The Morgan fingerprint density at radius 2 is 1.96 bits per heavy atom. The Bertz CT molecular complexity index is 766. The van der Waals surface area contributed by atoms with Crippen molar-refractivity contribution in [1.29, 1.82) is 0 Å². The molecule has 1 aromatic carbocycles. The molecule has 2 aromatic rings. The monoisotopic (exact) mass is 498 g/mol. The molecule has 6 nitrogen and oxygen atoms in total. The number of nitrogens with one attached hydrogen (secondary N) is 2. The zero-order valence-corrected chi connectivity index (χ0v) is 19.6. The third-order valence-corrected chi connectivity index (χ3v) is 3.83. The van der Waals surface area contributed by atoms with E-state index in [2.05, 4.69) is 45.7 Å². The molecule has 0 saturated carbocycles. The number of guanidine groups is 1. The van der Waals surface area contributed by atoms with Crippen molar-refractivity contribution in [3.05, 3.63) is 53.2 Å². The first-order valence-electron chi connectivity index (χ1n) is 9.29. The molecule has 0 fully saturated rings. The number of aromatic nitrogens is 1. The Labute approximate surface area is 185 Å². The molecule has 0 aliphatic heterocycles. The fourth-order valence-corrected chi connectivity index (χ4v) is 2.58. The molecule has 2 N–H and O–H groups in total. The number of methoxy groups -OCH3 is 1. The molecule has 154 valence electrons. The first-order chi connectivity index (χ1) is 13.0. The second-order valence-corrected chi connectivity index (χ2v) is 6.50. The van der Waals surface area contributed by atoms with Gasteiger partial charge in [0.1, 0.15) is 5.75 Å². The van der Waals surface area contributed by atoms with Crippen LogP contribution in [0, 0.1) is 6.92 Å². The zero-order valence-electron chi connectivity index (χ0n) is 17.3. The van der Waals surface area contributed by atoms with Crippen LogP contribution in [0.5, 0.6) is 11.6 Å². The van der Waals surface area contributed by atoms with Gasteiger partial charge in [-0.25, -0.2) is 9.98 Å². The van der Waals surface area contributed by atoms with Gasteiger partial charge in [0.2, 0.25) is 5.88 Å². The number of pyridine rings is 1. The van der Waals surface area contributed by atoms with Crippen LogP contribution < -0.4 is 20.1 Å². The van der Waals surface area contributed by atoms with Gasteiger partial charge in [0.25, 0.3) is 0 Å². The van der Waals surface area contributed by atoms with E-state index in [1.54, 1.807) is 13.3 Å². The number of aryl methyl sites for hydroxylation is 1. The van der Waals surface area contributed by atoms with Gasteiger partial charge in [-0.3, -0.25) is 0 Å². The molecule has 0 aliphatic carbocycles. The van der Waals surface area contributed by atoms with Crippen LogP contribution in [-0.4, -0.2) is 30.7 Å². The highest BCUT2D eigenvalue weighted by molar-refractivity contribution is 14.0. The van der Waals surface area contributed by atoms with Crippen molar-refractivity contribution in [3.8, 4) is 11.6 Å². The number of hydrogen-bond acceptors (Lipinski definition) is 4. The molecule has 0 amide bonds. The Kier molecular flexibility index (Phi) is 10.7. The maximum Gasteiger partial charge on any atom is 0.218 e. The Hall–Kier alpha value is -2.03. The summed E-state index contributed by atoms with van der Waals surface area (Å²) in [5.74, 6) is 2.24. The molecule has 0 radical (unpaired) electrons. The zero-order chi connectivity index (χ0) is 19.6. The van der Waals surface area contributed by atoms with E-state index in [-0.39, 0.29) is 30.1 Å². The summed E-state index contributed by atoms with van der Waals surface area (Å²) in [7, 11) is 1.62.